The Bertz CT molecular complexity index is 313. The van der Waals surface area contributed by atoms with Crippen LogP contribution in [-0.2, 0) is 9.53 Å². The number of halogens is 1. The van der Waals surface area contributed by atoms with Gasteiger partial charge in [0.1, 0.15) is 12.4 Å². The first-order valence-corrected chi connectivity index (χ1v) is 4.82. The normalized spacial score (nSPS) is 9.64. The minimum atomic E-state index is -0.280. The predicted octanol–water partition coefficient (Wildman–Crippen LogP) is 1.45. The van der Waals surface area contributed by atoms with Crippen LogP contribution in [0.5, 0.6) is 0 Å². The average Bonchev–Trinajstić information content (AvgIpc) is 2.18. The summed E-state index contributed by atoms with van der Waals surface area (Å²) >= 11 is 3.29. The third kappa shape index (κ3) is 2.99. The molecule has 0 aliphatic heterocycles. The number of methoxy groups -OCH3 is 1. The van der Waals surface area contributed by atoms with Gasteiger partial charge >= 0.3 is 5.97 Å². The van der Waals surface area contributed by atoms with Gasteiger partial charge in [-0.2, -0.15) is 0 Å². The third-order valence-corrected chi connectivity index (χ3v) is 2.17. The van der Waals surface area contributed by atoms with E-state index >= 15 is 0 Å². The second-order valence-corrected chi connectivity index (χ2v) is 3.68. The van der Waals surface area contributed by atoms with E-state index in [9.17, 15) is 4.79 Å². The Labute approximate surface area is 91.0 Å². The molecule has 0 aliphatic rings. The monoisotopic (exact) mass is 258 g/mol. The van der Waals surface area contributed by atoms with Crippen LogP contribution in [0.1, 0.15) is 0 Å². The Balaban J connectivity index is 2.65. The van der Waals surface area contributed by atoms with E-state index in [1.54, 1.807) is 18.1 Å². The minimum absolute atomic E-state index is 0.200. The molecule has 14 heavy (non-hydrogen) atoms. The SMILES string of the molecule is COC(=O)CN(C)c1ccc(Br)cn1. The number of likely N-dealkylation sites (N-methyl/N-ethyl adjacent to an activating group) is 1. The highest BCUT2D eigenvalue weighted by Gasteiger charge is 2.07. The zero-order valence-corrected chi connectivity index (χ0v) is 9.61. The third-order valence-electron chi connectivity index (χ3n) is 1.70. The fourth-order valence-electron chi connectivity index (χ4n) is 0.933. The van der Waals surface area contributed by atoms with Crippen LogP contribution in [0, 0.1) is 0 Å². The van der Waals surface area contributed by atoms with Crippen molar-refractivity contribution < 1.29 is 9.53 Å². The fourth-order valence-corrected chi connectivity index (χ4v) is 1.17. The van der Waals surface area contributed by atoms with Crippen molar-refractivity contribution in [3.8, 4) is 0 Å². The van der Waals surface area contributed by atoms with Gasteiger partial charge in [0.15, 0.2) is 0 Å². The van der Waals surface area contributed by atoms with E-state index in [1.165, 1.54) is 7.11 Å². The van der Waals surface area contributed by atoms with Crippen molar-refractivity contribution in [2.45, 2.75) is 0 Å². The number of nitrogens with zero attached hydrogens (tertiary/aromatic N) is 2. The van der Waals surface area contributed by atoms with Gasteiger partial charge in [0.05, 0.1) is 7.11 Å². The van der Waals surface area contributed by atoms with Crippen LogP contribution in [-0.4, -0.2) is 31.7 Å². The van der Waals surface area contributed by atoms with E-state index in [0.717, 1.165) is 10.3 Å². The summed E-state index contributed by atoms with van der Waals surface area (Å²) < 4.78 is 5.46. The molecule has 1 heterocycles. The zero-order chi connectivity index (χ0) is 10.6. The maximum atomic E-state index is 11.0. The van der Waals surface area contributed by atoms with Gasteiger partial charge in [0.2, 0.25) is 0 Å². The Morgan fingerprint density at radius 2 is 2.36 bits per heavy atom. The maximum Gasteiger partial charge on any atom is 0.325 e. The van der Waals surface area contributed by atoms with Gasteiger partial charge in [0.25, 0.3) is 0 Å². The number of aromatic nitrogens is 1. The van der Waals surface area contributed by atoms with Crippen LogP contribution in [0.4, 0.5) is 5.82 Å². The topological polar surface area (TPSA) is 42.4 Å². The van der Waals surface area contributed by atoms with Crippen LogP contribution in [0.15, 0.2) is 22.8 Å². The number of carbonyl (C=O) groups is 1. The molecule has 0 saturated carbocycles. The lowest BCUT2D eigenvalue weighted by atomic mass is 10.4. The summed E-state index contributed by atoms with van der Waals surface area (Å²) in [4.78, 5) is 16.8. The number of carbonyl (C=O) groups excluding carboxylic acids is 1. The average molecular weight is 259 g/mol. The van der Waals surface area contributed by atoms with Crippen molar-refractivity contribution in [3.63, 3.8) is 0 Å². The molecule has 0 spiro atoms. The summed E-state index contributed by atoms with van der Waals surface area (Å²) in [6.45, 7) is 0.200. The fraction of sp³-hybridized carbons (Fsp3) is 0.333. The summed E-state index contributed by atoms with van der Waals surface area (Å²) in [5.74, 6) is 0.454. The van der Waals surface area contributed by atoms with Gasteiger partial charge in [-0.05, 0) is 28.1 Å². The first-order valence-electron chi connectivity index (χ1n) is 4.03. The van der Waals surface area contributed by atoms with Gasteiger partial charge in [-0.1, -0.05) is 0 Å². The van der Waals surface area contributed by atoms with Gasteiger partial charge in [0, 0.05) is 17.7 Å². The molecule has 1 aromatic rings. The molecule has 0 N–H and O–H groups in total. The Morgan fingerprint density at radius 1 is 1.64 bits per heavy atom. The largest absolute Gasteiger partial charge is 0.468 e. The standard InChI is InChI=1S/C9H11BrN2O2/c1-12(6-9(13)14-2)8-4-3-7(10)5-11-8/h3-5H,6H2,1-2H3. The summed E-state index contributed by atoms with van der Waals surface area (Å²) in [5, 5.41) is 0. The van der Waals surface area contributed by atoms with Gasteiger partial charge in [-0.15, -0.1) is 0 Å². The highest BCUT2D eigenvalue weighted by molar-refractivity contribution is 9.10. The smallest absolute Gasteiger partial charge is 0.325 e. The van der Waals surface area contributed by atoms with Crippen LogP contribution in [0.25, 0.3) is 0 Å². The molecule has 0 unspecified atom stereocenters. The van der Waals surface area contributed by atoms with Gasteiger partial charge in [-0.25, -0.2) is 4.98 Å². The number of esters is 1. The number of ether oxygens (including phenoxy) is 1. The Morgan fingerprint density at radius 3 is 2.86 bits per heavy atom. The number of hydrogen-bond acceptors (Lipinski definition) is 4. The van der Waals surface area contributed by atoms with E-state index in [4.69, 9.17) is 0 Å². The summed E-state index contributed by atoms with van der Waals surface area (Å²) in [5.41, 5.74) is 0. The number of hydrogen-bond donors (Lipinski definition) is 0. The minimum Gasteiger partial charge on any atom is -0.468 e. The van der Waals surface area contributed by atoms with E-state index in [1.807, 2.05) is 12.1 Å². The van der Waals surface area contributed by atoms with Crippen LogP contribution >= 0.6 is 15.9 Å². The van der Waals surface area contributed by atoms with Crippen molar-refractivity contribution in [1.29, 1.82) is 0 Å². The Kier molecular flexibility index (Phi) is 3.88. The summed E-state index contributed by atoms with van der Waals surface area (Å²) in [7, 11) is 3.15. The molecule has 0 atom stereocenters. The number of rotatable bonds is 3. The molecule has 76 valence electrons. The van der Waals surface area contributed by atoms with Crippen molar-refractivity contribution in [2.75, 3.05) is 25.6 Å². The molecular weight excluding hydrogens is 248 g/mol. The van der Waals surface area contributed by atoms with Gasteiger partial charge in [-0.3, -0.25) is 4.79 Å². The van der Waals surface area contributed by atoms with Crippen LogP contribution in [0.2, 0.25) is 0 Å². The lowest BCUT2D eigenvalue weighted by Crippen LogP contribution is -2.26. The van der Waals surface area contributed by atoms with Crippen molar-refractivity contribution >= 4 is 27.7 Å². The second-order valence-electron chi connectivity index (χ2n) is 2.77. The van der Waals surface area contributed by atoms with Crippen molar-refractivity contribution in [2.24, 2.45) is 0 Å². The molecule has 4 nitrogen and oxygen atoms in total. The van der Waals surface area contributed by atoms with E-state index in [2.05, 4.69) is 25.7 Å². The highest BCUT2D eigenvalue weighted by atomic mass is 79.9. The lowest BCUT2D eigenvalue weighted by Gasteiger charge is -2.15. The number of pyridine rings is 1. The number of anilines is 1. The molecule has 1 aromatic heterocycles. The maximum absolute atomic E-state index is 11.0. The summed E-state index contributed by atoms with van der Waals surface area (Å²) in [6, 6.07) is 3.70. The molecule has 5 heteroatoms. The quantitative estimate of drug-likeness (QED) is 0.770. The first kappa shape index (κ1) is 11.0. The van der Waals surface area contributed by atoms with Crippen LogP contribution < -0.4 is 4.90 Å². The highest BCUT2D eigenvalue weighted by Crippen LogP contribution is 2.13. The van der Waals surface area contributed by atoms with Gasteiger partial charge < -0.3 is 9.64 Å². The molecule has 1 rings (SSSR count). The van der Waals surface area contributed by atoms with E-state index in [-0.39, 0.29) is 12.5 Å². The van der Waals surface area contributed by atoms with Crippen molar-refractivity contribution in [3.05, 3.63) is 22.8 Å². The van der Waals surface area contributed by atoms with E-state index < -0.39 is 0 Å². The Hall–Kier alpha value is -1.10. The molecule has 0 bridgehead atoms. The first-order chi connectivity index (χ1) is 6.63. The molecule has 0 aromatic carbocycles. The summed E-state index contributed by atoms with van der Waals surface area (Å²) in [6.07, 6.45) is 1.68. The predicted molar refractivity (Wildman–Crippen MR) is 57.2 cm³/mol. The molecule has 0 amide bonds. The lowest BCUT2D eigenvalue weighted by molar-refractivity contribution is -0.138. The molecule has 0 saturated heterocycles. The second kappa shape index (κ2) is 4.95. The van der Waals surface area contributed by atoms with Crippen molar-refractivity contribution in [1.82, 2.24) is 4.98 Å². The van der Waals surface area contributed by atoms with Crippen LogP contribution in [0.3, 0.4) is 0 Å². The molecule has 0 aliphatic carbocycles. The van der Waals surface area contributed by atoms with E-state index in [0.29, 0.717) is 0 Å². The molecular formula is C9H11BrN2O2. The molecule has 0 fully saturated rings. The molecule has 0 radical (unpaired) electrons. The zero-order valence-electron chi connectivity index (χ0n) is 8.03.